The Morgan fingerprint density at radius 1 is 0.972 bits per heavy atom. The predicted octanol–water partition coefficient (Wildman–Crippen LogP) is 5.61. The maximum Gasteiger partial charge on any atom is 0.253 e. The number of likely N-dealkylation sites (tertiary alicyclic amines) is 1. The molecule has 5 rings (SSSR count). The van der Waals surface area contributed by atoms with Gasteiger partial charge in [0, 0.05) is 49.8 Å². The molecule has 2 aromatic carbocycles. The number of nitrogens with zero attached hydrogens (tertiary/aromatic N) is 4. The van der Waals surface area contributed by atoms with Crippen LogP contribution in [0, 0.1) is 5.92 Å². The third kappa shape index (κ3) is 5.73. The fourth-order valence-corrected chi connectivity index (χ4v) is 6.25. The summed E-state index contributed by atoms with van der Waals surface area (Å²) in [6.45, 7) is 6.63. The summed E-state index contributed by atoms with van der Waals surface area (Å²) in [5.74, 6) is 1.45. The highest BCUT2D eigenvalue weighted by atomic mass is 16.2. The summed E-state index contributed by atoms with van der Waals surface area (Å²) >= 11 is 0. The van der Waals surface area contributed by atoms with Crippen LogP contribution in [-0.4, -0.2) is 58.2 Å². The number of aryl methyl sites for hydroxylation is 1. The van der Waals surface area contributed by atoms with Crippen molar-refractivity contribution in [1.29, 1.82) is 0 Å². The number of piperidine rings is 1. The van der Waals surface area contributed by atoms with Gasteiger partial charge in [-0.25, -0.2) is 0 Å². The molecular formula is C31H40N4O. The smallest absolute Gasteiger partial charge is 0.253 e. The second-order valence-electron chi connectivity index (χ2n) is 10.7. The molecule has 1 amide bonds. The lowest BCUT2D eigenvalue weighted by Crippen LogP contribution is -2.38. The lowest BCUT2D eigenvalue weighted by molar-refractivity contribution is 0.0729. The SMILES string of the molecule is CCn1nc(Cc2ccccc2)cc1C1CCN(C[C@@H]2CCC(N(C)C(=O)c3ccccc3)C2)CC1. The van der Waals surface area contributed by atoms with E-state index in [2.05, 4.69) is 52.9 Å². The average Bonchev–Trinajstić information content (AvgIpc) is 3.56. The van der Waals surface area contributed by atoms with Gasteiger partial charge in [0.05, 0.1) is 5.69 Å². The van der Waals surface area contributed by atoms with Gasteiger partial charge in [0.1, 0.15) is 0 Å². The number of benzene rings is 2. The fourth-order valence-electron chi connectivity index (χ4n) is 6.25. The number of amides is 1. The van der Waals surface area contributed by atoms with E-state index < -0.39 is 0 Å². The summed E-state index contributed by atoms with van der Waals surface area (Å²) in [6.07, 6.45) is 6.79. The number of carbonyl (C=O) groups excluding carboxylic acids is 1. The summed E-state index contributed by atoms with van der Waals surface area (Å²) < 4.78 is 2.24. The minimum absolute atomic E-state index is 0.154. The maximum absolute atomic E-state index is 12.9. The van der Waals surface area contributed by atoms with Gasteiger partial charge in [0.25, 0.3) is 5.91 Å². The standard InChI is InChI=1S/C31H40N4O/c1-3-35-30(22-28(32-35)20-24-10-6-4-7-11-24)26-16-18-34(19-17-26)23-25-14-15-29(21-25)33(2)31(36)27-12-8-5-9-13-27/h4-13,22,25-26,29H,3,14-21,23H2,1-2H3/t25-,29?/m1/s1. The molecule has 190 valence electrons. The van der Waals surface area contributed by atoms with Crippen molar-refractivity contribution in [1.82, 2.24) is 19.6 Å². The molecule has 1 aliphatic carbocycles. The Labute approximate surface area is 216 Å². The number of hydrogen-bond donors (Lipinski definition) is 0. The van der Waals surface area contributed by atoms with Gasteiger partial charge in [-0.05, 0) is 81.8 Å². The fraction of sp³-hybridized carbons (Fsp3) is 0.484. The minimum atomic E-state index is 0.154. The van der Waals surface area contributed by atoms with E-state index in [4.69, 9.17) is 5.10 Å². The lowest BCUT2D eigenvalue weighted by Gasteiger charge is -2.34. The van der Waals surface area contributed by atoms with E-state index in [1.165, 1.54) is 42.8 Å². The number of hydrogen-bond acceptors (Lipinski definition) is 3. The maximum atomic E-state index is 12.9. The molecule has 1 aliphatic heterocycles. The van der Waals surface area contributed by atoms with E-state index in [9.17, 15) is 4.79 Å². The zero-order valence-electron chi connectivity index (χ0n) is 21.9. The molecule has 2 atom stereocenters. The first-order valence-corrected chi connectivity index (χ1v) is 13.8. The van der Waals surface area contributed by atoms with E-state index in [0.717, 1.165) is 44.5 Å². The van der Waals surface area contributed by atoms with Crippen molar-refractivity contribution < 1.29 is 4.79 Å². The molecule has 5 heteroatoms. The normalized spacial score (nSPS) is 21.1. The first kappa shape index (κ1) is 24.8. The Balaban J connectivity index is 1.12. The molecule has 1 saturated heterocycles. The van der Waals surface area contributed by atoms with Gasteiger partial charge in [-0.3, -0.25) is 9.48 Å². The lowest BCUT2D eigenvalue weighted by atomic mass is 9.92. The number of carbonyl (C=O) groups is 1. The van der Waals surface area contributed by atoms with Crippen molar-refractivity contribution >= 4 is 5.91 Å². The van der Waals surface area contributed by atoms with Crippen LogP contribution >= 0.6 is 0 Å². The molecule has 1 aromatic heterocycles. The van der Waals surface area contributed by atoms with Crippen LogP contribution in [0.5, 0.6) is 0 Å². The molecule has 36 heavy (non-hydrogen) atoms. The van der Waals surface area contributed by atoms with Crippen LogP contribution in [0.25, 0.3) is 0 Å². The zero-order chi connectivity index (χ0) is 24.9. The molecule has 0 N–H and O–H groups in total. The van der Waals surface area contributed by atoms with E-state index in [1.807, 2.05) is 42.3 Å². The average molecular weight is 485 g/mol. The summed E-state index contributed by atoms with van der Waals surface area (Å²) in [5.41, 5.74) is 4.73. The summed E-state index contributed by atoms with van der Waals surface area (Å²) in [5, 5.41) is 4.93. The Morgan fingerprint density at radius 2 is 1.67 bits per heavy atom. The highest BCUT2D eigenvalue weighted by Gasteiger charge is 2.32. The first-order chi connectivity index (χ1) is 17.6. The van der Waals surface area contributed by atoms with Crippen molar-refractivity contribution in [3.63, 3.8) is 0 Å². The van der Waals surface area contributed by atoms with Gasteiger partial charge in [0.15, 0.2) is 0 Å². The van der Waals surface area contributed by atoms with Gasteiger partial charge in [-0.1, -0.05) is 48.5 Å². The van der Waals surface area contributed by atoms with Crippen LogP contribution in [0.3, 0.4) is 0 Å². The van der Waals surface area contributed by atoms with E-state index in [0.29, 0.717) is 17.9 Å². The number of rotatable bonds is 8. The molecule has 3 aromatic rings. The van der Waals surface area contributed by atoms with Crippen molar-refractivity contribution in [3.8, 4) is 0 Å². The highest BCUT2D eigenvalue weighted by molar-refractivity contribution is 5.94. The quantitative estimate of drug-likeness (QED) is 0.417. The minimum Gasteiger partial charge on any atom is -0.339 e. The zero-order valence-corrected chi connectivity index (χ0v) is 21.9. The van der Waals surface area contributed by atoms with Crippen LogP contribution in [0.1, 0.15) is 72.3 Å². The first-order valence-electron chi connectivity index (χ1n) is 13.8. The molecule has 1 saturated carbocycles. The summed E-state index contributed by atoms with van der Waals surface area (Å²) in [4.78, 5) is 17.5. The Kier molecular flexibility index (Phi) is 7.86. The molecule has 0 spiro atoms. The van der Waals surface area contributed by atoms with Crippen LogP contribution in [0.15, 0.2) is 66.7 Å². The largest absolute Gasteiger partial charge is 0.339 e. The molecule has 2 heterocycles. The van der Waals surface area contributed by atoms with Crippen LogP contribution < -0.4 is 0 Å². The van der Waals surface area contributed by atoms with E-state index >= 15 is 0 Å². The summed E-state index contributed by atoms with van der Waals surface area (Å²) in [7, 11) is 1.98. The molecule has 0 bridgehead atoms. The second-order valence-corrected chi connectivity index (χ2v) is 10.7. The molecular weight excluding hydrogens is 444 g/mol. The molecule has 2 aliphatic rings. The van der Waals surface area contributed by atoms with E-state index in [1.54, 1.807) is 0 Å². The van der Waals surface area contributed by atoms with E-state index in [-0.39, 0.29) is 5.91 Å². The molecule has 2 fully saturated rings. The topological polar surface area (TPSA) is 41.4 Å². The van der Waals surface area contributed by atoms with Crippen molar-refractivity contribution in [2.45, 2.75) is 64.0 Å². The highest BCUT2D eigenvalue weighted by Crippen LogP contribution is 2.33. The molecule has 0 radical (unpaired) electrons. The van der Waals surface area contributed by atoms with Crippen molar-refractivity contribution in [2.75, 3.05) is 26.7 Å². The molecule has 1 unspecified atom stereocenters. The van der Waals surface area contributed by atoms with Gasteiger partial charge in [-0.15, -0.1) is 0 Å². The van der Waals surface area contributed by atoms with Crippen LogP contribution in [0.2, 0.25) is 0 Å². The predicted molar refractivity (Wildman–Crippen MR) is 145 cm³/mol. The van der Waals surface area contributed by atoms with Gasteiger partial charge in [0.2, 0.25) is 0 Å². The Hall–Kier alpha value is -2.92. The van der Waals surface area contributed by atoms with Crippen LogP contribution in [0.4, 0.5) is 0 Å². The van der Waals surface area contributed by atoms with Crippen LogP contribution in [-0.2, 0) is 13.0 Å². The second kappa shape index (κ2) is 11.4. The van der Waals surface area contributed by atoms with Crippen molar-refractivity contribution in [3.05, 3.63) is 89.2 Å². The number of aromatic nitrogens is 2. The molecule has 5 nitrogen and oxygen atoms in total. The third-order valence-electron chi connectivity index (χ3n) is 8.31. The Bertz CT molecular complexity index is 1120. The third-order valence-corrected chi connectivity index (χ3v) is 8.31. The van der Waals surface area contributed by atoms with Gasteiger partial charge >= 0.3 is 0 Å². The van der Waals surface area contributed by atoms with Gasteiger partial charge < -0.3 is 9.80 Å². The monoisotopic (exact) mass is 484 g/mol. The Morgan fingerprint density at radius 3 is 2.36 bits per heavy atom. The van der Waals surface area contributed by atoms with Gasteiger partial charge in [-0.2, -0.15) is 5.10 Å². The van der Waals surface area contributed by atoms with Crippen molar-refractivity contribution in [2.24, 2.45) is 5.92 Å². The summed E-state index contributed by atoms with van der Waals surface area (Å²) in [6, 6.07) is 23.1.